The zero-order valence-corrected chi connectivity index (χ0v) is 14.8. The molecule has 0 saturated carbocycles. The van der Waals surface area contributed by atoms with E-state index in [1.807, 2.05) is 27.7 Å². The van der Waals surface area contributed by atoms with E-state index in [9.17, 15) is 9.90 Å². The minimum absolute atomic E-state index is 0.253. The van der Waals surface area contributed by atoms with Crippen molar-refractivity contribution in [2.24, 2.45) is 5.16 Å². The van der Waals surface area contributed by atoms with E-state index < -0.39 is 24.2 Å². The van der Waals surface area contributed by atoms with E-state index in [-0.39, 0.29) is 6.61 Å². The Bertz CT molecular complexity index is 684. The average molecular weight is 346 g/mol. The van der Waals surface area contributed by atoms with E-state index >= 15 is 0 Å². The SMILES string of the molecule is CC1(C)OB(C(=Cc2ccccc2NC(=O)C=NO)CO)OC1(C)C. The lowest BCUT2D eigenvalue weighted by atomic mass is 9.77. The van der Waals surface area contributed by atoms with Gasteiger partial charge in [-0.1, -0.05) is 29.4 Å². The molecule has 0 spiro atoms. The van der Waals surface area contributed by atoms with Crippen LogP contribution in [0.15, 0.2) is 34.9 Å². The van der Waals surface area contributed by atoms with Crippen molar-refractivity contribution in [1.29, 1.82) is 0 Å². The summed E-state index contributed by atoms with van der Waals surface area (Å²) in [4.78, 5) is 11.6. The summed E-state index contributed by atoms with van der Waals surface area (Å²) in [5, 5.41) is 23.5. The third-order valence-corrected chi connectivity index (χ3v) is 4.47. The van der Waals surface area contributed by atoms with Crippen LogP contribution in [0.2, 0.25) is 0 Å². The fraction of sp³-hybridized carbons (Fsp3) is 0.412. The largest absolute Gasteiger partial charge is 0.492 e. The van der Waals surface area contributed by atoms with Crippen molar-refractivity contribution in [2.75, 3.05) is 11.9 Å². The van der Waals surface area contributed by atoms with Gasteiger partial charge in [-0.25, -0.2) is 0 Å². The van der Waals surface area contributed by atoms with Gasteiger partial charge in [0.15, 0.2) is 0 Å². The molecule has 134 valence electrons. The first-order valence-corrected chi connectivity index (χ1v) is 7.94. The van der Waals surface area contributed by atoms with Crippen LogP contribution in [0.25, 0.3) is 6.08 Å². The van der Waals surface area contributed by atoms with Gasteiger partial charge in [0, 0.05) is 5.69 Å². The molecule has 0 aromatic heterocycles. The Labute approximate surface area is 147 Å². The van der Waals surface area contributed by atoms with E-state index in [0.717, 1.165) is 6.21 Å². The lowest BCUT2D eigenvalue weighted by molar-refractivity contribution is -0.110. The minimum Gasteiger partial charge on any atom is -0.411 e. The maximum atomic E-state index is 11.6. The predicted molar refractivity (Wildman–Crippen MR) is 96.5 cm³/mol. The molecule has 7 nitrogen and oxygen atoms in total. The van der Waals surface area contributed by atoms with Crippen molar-refractivity contribution in [2.45, 2.75) is 38.9 Å². The molecule has 25 heavy (non-hydrogen) atoms. The zero-order valence-electron chi connectivity index (χ0n) is 14.8. The minimum atomic E-state index is -0.683. The Morgan fingerprint density at radius 3 is 2.40 bits per heavy atom. The second-order valence-corrected chi connectivity index (χ2v) is 6.79. The number of rotatable bonds is 5. The van der Waals surface area contributed by atoms with Crippen molar-refractivity contribution in [3.8, 4) is 0 Å². The van der Waals surface area contributed by atoms with Crippen LogP contribution in [0.4, 0.5) is 5.69 Å². The van der Waals surface area contributed by atoms with Gasteiger partial charge in [-0.2, -0.15) is 0 Å². The molecule has 1 aromatic rings. The van der Waals surface area contributed by atoms with Gasteiger partial charge in [0.05, 0.1) is 17.8 Å². The summed E-state index contributed by atoms with van der Waals surface area (Å²) in [6.45, 7) is 7.49. The molecule has 0 unspecified atom stereocenters. The van der Waals surface area contributed by atoms with Gasteiger partial charge in [-0.3, -0.25) is 4.79 Å². The molecular formula is C17H23BN2O5. The molecule has 1 saturated heterocycles. The van der Waals surface area contributed by atoms with Crippen LogP contribution in [0.1, 0.15) is 33.3 Å². The predicted octanol–water partition coefficient (Wildman–Crippen LogP) is 2.09. The van der Waals surface area contributed by atoms with Gasteiger partial charge in [-0.05, 0) is 44.8 Å². The van der Waals surface area contributed by atoms with Gasteiger partial charge >= 0.3 is 7.12 Å². The highest BCUT2D eigenvalue weighted by atomic mass is 16.7. The number of nitrogens with zero attached hydrogens (tertiary/aromatic N) is 1. The Kier molecular flexibility index (Phi) is 5.67. The molecule has 0 atom stereocenters. The Balaban J connectivity index is 2.30. The van der Waals surface area contributed by atoms with E-state index in [0.29, 0.717) is 16.7 Å². The number of carbonyl (C=O) groups is 1. The highest BCUT2D eigenvalue weighted by Gasteiger charge is 2.52. The number of nitrogens with one attached hydrogen (secondary N) is 1. The topological polar surface area (TPSA) is 100 Å². The van der Waals surface area contributed by atoms with Gasteiger partial charge in [0.25, 0.3) is 5.91 Å². The van der Waals surface area contributed by atoms with Crippen molar-refractivity contribution in [3.63, 3.8) is 0 Å². The fourth-order valence-electron chi connectivity index (χ4n) is 2.34. The molecule has 1 aliphatic heterocycles. The lowest BCUT2D eigenvalue weighted by Gasteiger charge is -2.32. The van der Waals surface area contributed by atoms with Gasteiger partial charge < -0.3 is 24.9 Å². The fourth-order valence-corrected chi connectivity index (χ4v) is 2.34. The zero-order chi connectivity index (χ0) is 18.7. The van der Waals surface area contributed by atoms with Crippen molar-refractivity contribution in [3.05, 3.63) is 35.3 Å². The van der Waals surface area contributed by atoms with E-state index in [1.165, 1.54) is 0 Å². The molecule has 1 amide bonds. The molecule has 1 fully saturated rings. The monoisotopic (exact) mass is 346 g/mol. The summed E-state index contributed by atoms with van der Waals surface area (Å²) in [7, 11) is -0.683. The van der Waals surface area contributed by atoms with E-state index in [4.69, 9.17) is 14.5 Å². The van der Waals surface area contributed by atoms with Crippen molar-refractivity contribution < 1.29 is 24.4 Å². The molecule has 8 heteroatoms. The number of hydrogen-bond donors (Lipinski definition) is 3. The molecule has 2 rings (SSSR count). The van der Waals surface area contributed by atoms with E-state index in [1.54, 1.807) is 30.3 Å². The number of aliphatic hydroxyl groups excluding tert-OH is 1. The lowest BCUT2D eigenvalue weighted by Crippen LogP contribution is -2.41. The highest BCUT2D eigenvalue weighted by Crippen LogP contribution is 2.38. The summed E-state index contributed by atoms with van der Waals surface area (Å²) < 4.78 is 11.9. The Hall–Kier alpha value is -2.16. The number of carbonyl (C=O) groups excluding carboxylic acids is 1. The number of hydrogen-bond acceptors (Lipinski definition) is 6. The maximum absolute atomic E-state index is 11.6. The molecule has 1 heterocycles. The molecular weight excluding hydrogens is 323 g/mol. The standard InChI is InChI=1S/C17H23BN2O5/c1-16(2)17(3,4)25-18(24-16)13(11-21)9-12-7-5-6-8-14(12)20-15(22)10-19-23/h5-10,21,23H,11H2,1-4H3,(H,20,22). The molecule has 1 aliphatic rings. The first kappa shape index (κ1) is 19.2. The number of oxime groups is 1. The first-order valence-electron chi connectivity index (χ1n) is 7.94. The molecule has 0 radical (unpaired) electrons. The number of para-hydroxylation sites is 1. The van der Waals surface area contributed by atoms with Crippen molar-refractivity contribution >= 4 is 31.0 Å². The molecule has 0 aliphatic carbocycles. The summed E-state index contributed by atoms with van der Waals surface area (Å²) in [5.74, 6) is -0.565. The quantitative estimate of drug-likeness (QED) is 0.328. The average Bonchev–Trinajstić information content (AvgIpc) is 2.74. The summed E-state index contributed by atoms with van der Waals surface area (Å²) in [6.07, 6.45) is 2.48. The van der Waals surface area contributed by atoms with Crippen LogP contribution in [0, 0.1) is 0 Å². The smallest absolute Gasteiger partial charge is 0.411 e. The maximum Gasteiger partial charge on any atom is 0.492 e. The highest BCUT2D eigenvalue weighted by molar-refractivity contribution is 6.55. The van der Waals surface area contributed by atoms with Crippen LogP contribution < -0.4 is 5.32 Å². The molecule has 1 aromatic carbocycles. The Morgan fingerprint density at radius 2 is 1.84 bits per heavy atom. The van der Waals surface area contributed by atoms with Gasteiger partial charge in [-0.15, -0.1) is 0 Å². The number of amides is 1. The number of anilines is 1. The first-order chi connectivity index (χ1) is 11.7. The van der Waals surface area contributed by atoms with E-state index in [2.05, 4.69) is 10.5 Å². The summed E-state index contributed by atoms with van der Waals surface area (Å²) >= 11 is 0. The normalized spacial score (nSPS) is 19.4. The van der Waals surface area contributed by atoms with Crippen LogP contribution in [0.5, 0.6) is 0 Å². The van der Waals surface area contributed by atoms with Crippen LogP contribution in [-0.4, -0.2) is 47.4 Å². The number of benzene rings is 1. The second-order valence-electron chi connectivity index (χ2n) is 6.79. The van der Waals surface area contributed by atoms with Gasteiger partial charge in [0.2, 0.25) is 0 Å². The van der Waals surface area contributed by atoms with Gasteiger partial charge in [0.1, 0.15) is 6.21 Å². The summed E-state index contributed by atoms with van der Waals surface area (Å²) in [6, 6.07) is 7.05. The molecule has 3 N–H and O–H groups in total. The third-order valence-electron chi connectivity index (χ3n) is 4.47. The number of aliphatic hydroxyl groups is 1. The molecule has 0 bridgehead atoms. The third kappa shape index (κ3) is 4.28. The van der Waals surface area contributed by atoms with Crippen LogP contribution >= 0.6 is 0 Å². The van der Waals surface area contributed by atoms with Crippen LogP contribution in [-0.2, 0) is 14.1 Å². The van der Waals surface area contributed by atoms with Crippen LogP contribution in [0.3, 0.4) is 0 Å². The Morgan fingerprint density at radius 1 is 1.24 bits per heavy atom. The summed E-state index contributed by atoms with van der Waals surface area (Å²) in [5.41, 5.74) is 0.682. The van der Waals surface area contributed by atoms with Crippen molar-refractivity contribution in [1.82, 2.24) is 0 Å². The second kappa shape index (κ2) is 7.39.